The largest absolute Gasteiger partial charge is 0.226 e. The number of benzene rings is 1. The van der Waals surface area contributed by atoms with Gasteiger partial charge in [0, 0.05) is 11.6 Å². The van der Waals surface area contributed by atoms with Gasteiger partial charge in [0.2, 0.25) is 0 Å². The molecule has 0 saturated heterocycles. The Bertz CT molecular complexity index is 239. The summed E-state index contributed by atoms with van der Waals surface area (Å²) in [5.41, 5.74) is 0.586. The molecule has 0 aliphatic carbocycles. The molecular weight excluding hydrogens is 165 g/mol. The number of nitrogens with one attached hydrogen (secondary N) is 1. The monoisotopic (exact) mass is 173 g/mol. The van der Waals surface area contributed by atoms with Crippen LogP contribution in [0.25, 0.3) is 0 Å². The van der Waals surface area contributed by atoms with Crippen molar-refractivity contribution in [1.29, 1.82) is 0 Å². The van der Waals surface area contributed by atoms with E-state index in [1.54, 1.807) is 25.1 Å². The van der Waals surface area contributed by atoms with Gasteiger partial charge in [-0.25, -0.2) is 9.23 Å². The molecule has 1 N–H and O–H groups in total. The van der Waals surface area contributed by atoms with E-state index >= 15 is 0 Å². The second-order valence-electron chi connectivity index (χ2n) is 2.35. The third-order valence-corrected chi connectivity index (χ3v) is 1.86. The van der Waals surface area contributed by atoms with E-state index in [-0.39, 0.29) is 11.9 Å². The van der Waals surface area contributed by atoms with Crippen molar-refractivity contribution in [1.82, 2.24) is 4.84 Å². The molecule has 1 aromatic carbocycles. The lowest BCUT2D eigenvalue weighted by Gasteiger charge is -2.08. The summed E-state index contributed by atoms with van der Waals surface area (Å²) in [6.45, 7) is 1.80. The Kier molecular flexibility index (Phi) is 2.85. The fourth-order valence-electron chi connectivity index (χ4n) is 0.885. The minimum absolute atomic E-state index is 0.155. The zero-order chi connectivity index (χ0) is 8.27. The molecule has 0 aliphatic rings. The second-order valence-corrected chi connectivity index (χ2v) is 2.57. The van der Waals surface area contributed by atoms with Crippen LogP contribution in [0.4, 0.5) is 4.39 Å². The first-order valence-electron chi connectivity index (χ1n) is 3.36. The summed E-state index contributed by atoms with van der Waals surface area (Å²) in [5.74, 6) is -0.229. The maximum atomic E-state index is 12.9. The Morgan fingerprint density at radius 2 is 2.09 bits per heavy atom. The van der Waals surface area contributed by atoms with Crippen LogP contribution >= 0.6 is 11.8 Å². The molecule has 1 unspecified atom stereocenters. The van der Waals surface area contributed by atoms with Crippen LogP contribution in [0.3, 0.4) is 0 Å². The Morgan fingerprint density at radius 1 is 1.45 bits per heavy atom. The van der Waals surface area contributed by atoms with Crippen molar-refractivity contribution in [3.63, 3.8) is 0 Å². The highest BCUT2D eigenvalue weighted by Crippen LogP contribution is 2.15. The van der Waals surface area contributed by atoms with Crippen molar-refractivity contribution in [2.45, 2.75) is 13.0 Å². The first-order valence-corrected chi connectivity index (χ1v) is 3.74. The van der Waals surface area contributed by atoms with Crippen LogP contribution in [0.5, 0.6) is 0 Å². The third-order valence-electron chi connectivity index (χ3n) is 1.54. The number of halogens is 2. The Balaban J connectivity index is 2.93. The summed E-state index contributed by atoms with van der Waals surface area (Å²) in [4.78, 5) is 2.45. The van der Waals surface area contributed by atoms with Crippen LogP contribution in [0.15, 0.2) is 24.3 Å². The highest BCUT2D eigenvalue weighted by Gasteiger charge is 2.07. The molecule has 1 rings (SSSR count). The maximum Gasteiger partial charge on any atom is 0.128 e. The number of hydrogen-bond donors (Lipinski definition) is 1. The van der Waals surface area contributed by atoms with E-state index in [2.05, 4.69) is 4.84 Å². The molecule has 0 amide bonds. The molecule has 0 spiro atoms. The lowest BCUT2D eigenvalue weighted by Crippen LogP contribution is -2.08. The van der Waals surface area contributed by atoms with Crippen LogP contribution < -0.4 is 4.84 Å². The van der Waals surface area contributed by atoms with Crippen molar-refractivity contribution >= 4 is 11.8 Å². The molecule has 0 saturated carbocycles. The standard InChI is InChI=1S/C8H9ClFN/c1-6(11-9)7-4-2-3-5-8(7)10/h2-6,11H,1H3. The quantitative estimate of drug-likeness (QED) is 0.678. The Labute approximate surface area is 70.3 Å². The van der Waals surface area contributed by atoms with Crippen molar-refractivity contribution in [3.8, 4) is 0 Å². The van der Waals surface area contributed by atoms with Gasteiger partial charge < -0.3 is 0 Å². The molecular formula is C8H9ClFN. The zero-order valence-electron chi connectivity index (χ0n) is 6.14. The summed E-state index contributed by atoms with van der Waals surface area (Å²) >= 11 is 5.34. The molecule has 1 atom stereocenters. The lowest BCUT2D eigenvalue weighted by atomic mass is 10.1. The van der Waals surface area contributed by atoms with Crippen molar-refractivity contribution < 1.29 is 4.39 Å². The molecule has 0 radical (unpaired) electrons. The van der Waals surface area contributed by atoms with E-state index in [0.29, 0.717) is 5.56 Å². The van der Waals surface area contributed by atoms with Crippen molar-refractivity contribution in [2.24, 2.45) is 0 Å². The molecule has 0 aromatic heterocycles. The van der Waals surface area contributed by atoms with Crippen LogP contribution in [0.1, 0.15) is 18.5 Å². The highest BCUT2D eigenvalue weighted by molar-refractivity contribution is 6.13. The van der Waals surface area contributed by atoms with Gasteiger partial charge in [-0.15, -0.1) is 0 Å². The highest BCUT2D eigenvalue weighted by atomic mass is 35.5. The second kappa shape index (κ2) is 3.69. The minimum atomic E-state index is -0.229. The predicted octanol–water partition coefficient (Wildman–Crippen LogP) is 2.63. The predicted molar refractivity (Wildman–Crippen MR) is 43.8 cm³/mol. The maximum absolute atomic E-state index is 12.9. The third kappa shape index (κ3) is 1.91. The first-order chi connectivity index (χ1) is 5.25. The normalized spacial score (nSPS) is 13.0. The van der Waals surface area contributed by atoms with Crippen molar-refractivity contribution in [3.05, 3.63) is 35.6 Å². The molecule has 3 heteroatoms. The van der Waals surface area contributed by atoms with Gasteiger partial charge in [0.05, 0.1) is 0 Å². The van der Waals surface area contributed by atoms with Gasteiger partial charge in [0.1, 0.15) is 5.82 Å². The van der Waals surface area contributed by atoms with E-state index in [1.807, 2.05) is 0 Å². The van der Waals surface area contributed by atoms with Gasteiger partial charge in [-0.05, 0) is 24.8 Å². The average molecular weight is 174 g/mol. The summed E-state index contributed by atoms with van der Waals surface area (Å²) < 4.78 is 12.9. The molecule has 11 heavy (non-hydrogen) atoms. The van der Waals surface area contributed by atoms with Crippen LogP contribution in [-0.4, -0.2) is 0 Å². The molecule has 0 fully saturated rings. The molecule has 0 bridgehead atoms. The van der Waals surface area contributed by atoms with Gasteiger partial charge in [-0.1, -0.05) is 18.2 Å². The van der Waals surface area contributed by atoms with Crippen LogP contribution in [0, 0.1) is 5.82 Å². The Morgan fingerprint density at radius 3 is 2.64 bits per heavy atom. The molecule has 0 heterocycles. The van der Waals surface area contributed by atoms with E-state index in [0.717, 1.165) is 0 Å². The van der Waals surface area contributed by atoms with Crippen molar-refractivity contribution in [2.75, 3.05) is 0 Å². The fourth-order valence-corrected chi connectivity index (χ4v) is 1.00. The van der Waals surface area contributed by atoms with Gasteiger partial charge in [-0.2, -0.15) is 0 Å². The molecule has 60 valence electrons. The summed E-state index contributed by atoms with van der Waals surface area (Å²) in [5, 5.41) is 0. The zero-order valence-corrected chi connectivity index (χ0v) is 6.90. The summed E-state index contributed by atoms with van der Waals surface area (Å²) in [6, 6.07) is 6.40. The summed E-state index contributed by atoms with van der Waals surface area (Å²) in [6.07, 6.45) is 0. The van der Waals surface area contributed by atoms with Crippen LogP contribution in [0.2, 0.25) is 0 Å². The van der Waals surface area contributed by atoms with Gasteiger partial charge in [0.15, 0.2) is 0 Å². The average Bonchev–Trinajstić information content (AvgIpc) is 2.04. The van der Waals surface area contributed by atoms with Gasteiger partial charge in [-0.3, -0.25) is 0 Å². The molecule has 1 nitrogen and oxygen atoms in total. The smallest absolute Gasteiger partial charge is 0.128 e. The number of rotatable bonds is 2. The Hall–Kier alpha value is -0.600. The lowest BCUT2D eigenvalue weighted by molar-refractivity contribution is 0.584. The minimum Gasteiger partial charge on any atom is -0.226 e. The van der Waals surface area contributed by atoms with Crippen LogP contribution in [-0.2, 0) is 0 Å². The van der Waals surface area contributed by atoms with E-state index in [9.17, 15) is 4.39 Å². The van der Waals surface area contributed by atoms with E-state index in [1.165, 1.54) is 6.07 Å². The van der Waals surface area contributed by atoms with Gasteiger partial charge in [0.25, 0.3) is 0 Å². The van der Waals surface area contributed by atoms with Gasteiger partial charge >= 0.3 is 0 Å². The summed E-state index contributed by atoms with van der Waals surface area (Å²) in [7, 11) is 0. The molecule has 1 aromatic rings. The topological polar surface area (TPSA) is 12.0 Å². The first kappa shape index (κ1) is 8.50. The van der Waals surface area contributed by atoms with E-state index < -0.39 is 0 Å². The molecule has 0 aliphatic heterocycles. The van der Waals surface area contributed by atoms with E-state index in [4.69, 9.17) is 11.8 Å². The fraction of sp³-hybridized carbons (Fsp3) is 0.250. The number of hydrogen-bond acceptors (Lipinski definition) is 1. The SMILES string of the molecule is CC(NCl)c1ccccc1F.